The molecule has 2 heterocycles. The number of carboxylic acid groups (broad SMARTS) is 1. The number of aromatic carboxylic acids is 1. The first-order valence-corrected chi connectivity index (χ1v) is 6.21. The van der Waals surface area contributed by atoms with Gasteiger partial charge in [0, 0.05) is 18.1 Å². The van der Waals surface area contributed by atoms with Crippen molar-refractivity contribution in [2.24, 2.45) is 0 Å². The topological polar surface area (TPSA) is 75.2 Å². The number of aromatic nitrogens is 2. The molecule has 19 heavy (non-hydrogen) atoms. The predicted molar refractivity (Wildman–Crippen MR) is 69.2 cm³/mol. The molecule has 1 aromatic carbocycles. The Morgan fingerprint density at radius 1 is 1.42 bits per heavy atom. The highest BCUT2D eigenvalue weighted by Gasteiger charge is 2.22. The van der Waals surface area contributed by atoms with E-state index in [9.17, 15) is 4.79 Å². The molecule has 1 unspecified atom stereocenters. The van der Waals surface area contributed by atoms with E-state index in [0.29, 0.717) is 18.2 Å². The first-order chi connectivity index (χ1) is 9.25. The number of carbonyl (C=O) groups is 1. The van der Waals surface area contributed by atoms with Crippen LogP contribution in [0.5, 0.6) is 0 Å². The summed E-state index contributed by atoms with van der Waals surface area (Å²) in [7, 11) is 0. The first kappa shape index (κ1) is 11.9. The van der Waals surface area contributed by atoms with Gasteiger partial charge < -0.3 is 9.84 Å². The van der Waals surface area contributed by atoms with Gasteiger partial charge in [-0.1, -0.05) is 24.3 Å². The molecular weight excluding hydrogens is 244 g/mol. The van der Waals surface area contributed by atoms with Gasteiger partial charge in [-0.2, -0.15) is 5.10 Å². The van der Waals surface area contributed by atoms with Crippen LogP contribution in [0.1, 0.15) is 28.4 Å². The van der Waals surface area contributed by atoms with E-state index >= 15 is 0 Å². The van der Waals surface area contributed by atoms with Gasteiger partial charge in [0.2, 0.25) is 0 Å². The van der Waals surface area contributed by atoms with Crippen molar-refractivity contribution in [3.63, 3.8) is 0 Å². The molecule has 1 aromatic heterocycles. The average Bonchev–Trinajstić information content (AvgIpc) is 3.10. The number of hydrogen-bond donors (Lipinski definition) is 2. The zero-order valence-corrected chi connectivity index (χ0v) is 10.3. The number of H-pyrrole nitrogens is 1. The molecule has 2 aromatic rings. The van der Waals surface area contributed by atoms with Crippen LogP contribution in [0.2, 0.25) is 0 Å². The lowest BCUT2D eigenvalue weighted by Gasteiger charge is -2.12. The molecule has 1 aliphatic heterocycles. The summed E-state index contributed by atoms with van der Waals surface area (Å²) in [5.74, 6) is -0.637. The minimum Gasteiger partial charge on any atom is -0.477 e. The molecule has 1 saturated heterocycles. The van der Waals surface area contributed by atoms with Crippen LogP contribution in [0.3, 0.4) is 0 Å². The second-order valence-electron chi connectivity index (χ2n) is 4.62. The van der Waals surface area contributed by atoms with E-state index in [-0.39, 0.29) is 5.69 Å². The third kappa shape index (κ3) is 2.24. The van der Waals surface area contributed by atoms with Crippen molar-refractivity contribution in [1.82, 2.24) is 10.2 Å². The van der Waals surface area contributed by atoms with E-state index in [4.69, 9.17) is 9.84 Å². The second-order valence-corrected chi connectivity index (χ2v) is 4.62. The number of nitrogens with zero attached hydrogens (tertiary/aromatic N) is 1. The molecule has 98 valence electrons. The number of benzene rings is 1. The minimum absolute atomic E-state index is 0.104. The van der Waals surface area contributed by atoms with Crippen LogP contribution in [0.4, 0.5) is 0 Å². The Kier molecular flexibility index (Phi) is 3.05. The fourth-order valence-electron chi connectivity index (χ4n) is 2.44. The van der Waals surface area contributed by atoms with Crippen LogP contribution < -0.4 is 0 Å². The number of rotatable bonds is 3. The Morgan fingerprint density at radius 3 is 2.95 bits per heavy atom. The number of ether oxygens (including phenoxy) is 1. The summed E-state index contributed by atoms with van der Waals surface area (Å²) >= 11 is 0. The zero-order valence-electron chi connectivity index (χ0n) is 10.3. The molecule has 2 N–H and O–H groups in total. The van der Waals surface area contributed by atoms with Crippen molar-refractivity contribution in [2.45, 2.75) is 12.3 Å². The maximum absolute atomic E-state index is 10.9. The van der Waals surface area contributed by atoms with Gasteiger partial charge in [0.1, 0.15) is 5.69 Å². The Bertz CT molecular complexity index is 600. The average molecular weight is 258 g/mol. The molecule has 0 aliphatic carbocycles. The molecular formula is C14H14N2O3. The van der Waals surface area contributed by atoms with Crippen molar-refractivity contribution in [3.8, 4) is 11.3 Å². The minimum atomic E-state index is -1.000. The summed E-state index contributed by atoms with van der Waals surface area (Å²) in [6, 6.07) is 9.52. The fourth-order valence-corrected chi connectivity index (χ4v) is 2.44. The first-order valence-electron chi connectivity index (χ1n) is 6.21. The van der Waals surface area contributed by atoms with Crippen LogP contribution in [-0.4, -0.2) is 34.5 Å². The Balaban J connectivity index is 2.01. The quantitative estimate of drug-likeness (QED) is 0.885. The van der Waals surface area contributed by atoms with Crippen molar-refractivity contribution in [3.05, 3.63) is 41.6 Å². The van der Waals surface area contributed by atoms with Crippen molar-refractivity contribution in [2.75, 3.05) is 13.2 Å². The summed E-state index contributed by atoms with van der Waals surface area (Å²) in [5, 5.41) is 15.6. The number of hydrogen-bond acceptors (Lipinski definition) is 3. The van der Waals surface area contributed by atoms with Crippen LogP contribution in [0.15, 0.2) is 30.3 Å². The number of aromatic amines is 1. The smallest absolute Gasteiger partial charge is 0.353 e. The van der Waals surface area contributed by atoms with Gasteiger partial charge in [0.25, 0.3) is 0 Å². The Morgan fingerprint density at radius 2 is 2.26 bits per heavy atom. The lowest BCUT2D eigenvalue weighted by molar-refractivity contribution is 0.0690. The highest BCUT2D eigenvalue weighted by molar-refractivity contribution is 5.87. The van der Waals surface area contributed by atoms with Gasteiger partial charge in [0.05, 0.1) is 12.3 Å². The maximum Gasteiger partial charge on any atom is 0.353 e. The van der Waals surface area contributed by atoms with Crippen molar-refractivity contribution >= 4 is 5.97 Å². The SMILES string of the molecule is O=C(O)c1cc(-c2ccccc2C2CCOC2)n[nH]1. The maximum atomic E-state index is 10.9. The van der Waals surface area contributed by atoms with E-state index in [0.717, 1.165) is 18.6 Å². The molecule has 0 bridgehead atoms. The normalized spacial score (nSPS) is 18.6. The van der Waals surface area contributed by atoms with E-state index in [1.165, 1.54) is 5.56 Å². The van der Waals surface area contributed by atoms with Gasteiger partial charge >= 0.3 is 5.97 Å². The largest absolute Gasteiger partial charge is 0.477 e. The van der Waals surface area contributed by atoms with E-state index in [1.54, 1.807) is 6.07 Å². The number of carboxylic acids is 1. The summed E-state index contributed by atoms with van der Waals surface area (Å²) < 4.78 is 5.42. The lowest BCUT2D eigenvalue weighted by Crippen LogP contribution is -2.00. The van der Waals surface area contributed by atoms with Gasteiger partial charge in [-0.05, 0) is 18.1 Å². The molecule has 0 amide bonds. The Labute approximate surface area is 110 Å². The standard InChI is InChI=1S/C14H14N2O3/c17-14(18)13-7-12(15-16-13)11-4-2-1-3-10(11)9-5-6-19-8-9/h1-4,7,9H,5-6,8H2,(H,15,16)(H,17,18). The third-order valence-electron chi connectivity index (χ3n) is 3.41. The third-order valence-corrected chi connectivity index (χ3v) is 3.41. The summed E-state index contributed by atoms with van der Waals surface area (Å²) in [6.45, 7) is 1.49. The molecule has 5 nitrogen and oxygen atoms in total. The van der Waals surface area contributed by atoms with E-state index < -0.39 is 5.97 Å². The van der Waals surface area contributed by atoms with Crippen LogP contribution in [-0.2, 0) is 4.74 Å². The van der Waals surface area contributed by atoms with Gasteiger partial charge in [-0.25, -0.2) is 4.79 Å². The molecule has 3 rings (SSSR count). The van der Waals surface area contributed by atoms with Gasteiger partial charge in [-0.3, -0.25) is 5.10 Å². The summed E-state index contributed by atoms with van der Waals surface area (Å²) in [5.41, 5.74) is 2.91. The second kappa shape index (κ2) is 4.85. The van der Waals surface area contributed by atoms with Crippen molar-refractivity contribution < 1.29 is 14.6 Å². The zero-order chi connectivity index (χ0) is 13.2. The van der Waals surface area contributed by atoms with Gasteiger partial charge in [0.15, 0.2) is 0 Å². The van der Waals surface area contributed by atoms with E-state index in [2.05, 4.69) is 16.3 Å². The molecule has 0 spiro atoms. The van der Waals surface area contributed by atoms with Crippen LogP contribution >= 0.6 is 0 Å². The Hall–Kier alpha value is -2.14. The molecule has 5 heteroatoms. The van der Waals surface area contributed by atoms with E-state index in [1.807, 2.05) is 18.2 Å². The van der Waals surface area contributed by atoms with Crippen LogP contribution in [0.25, 0.3) is 11.3 Å². The molecule has 1 aliphatic rings. The monoisotopic (exact) mass is 258 g/mol. The number of nitrogens with one attached hydrogen (secondary N) is 1. The fraction of sp³-hybridized carbons (Fsp3) is 0.286. The highest BCUT2D eigenvalue weighted by Crippen LogP contribution is 2.33. The van der Waals surface area contributed by atoms with Crippen LogP contribution in [0, 0.1) is 0 Å². The summed E-state index contributed by atoms with van der Waals surface area (Å²) in [6.07, 6.45) is 0.993. The molecule has 1 fully saturated rings. The molecule has 1 atom stereocenters. The highest BCUT2D eigenvalue weighted by atomic mass is 16.5. The molecule has 0 radical (unpaired) electrons. The predicted octanol–water partition coefficient (Wildman–Crippen LogP) is 2.28. The lowest BCUT2D eigenvalue weighted by atomic mass is 9.92. The molecule has 0 saturated carbocycles. The van der Waals surface area contributed by atoms with Crippen molar-refractivity contribution in [1.29, 1.82) is 0 Å². The van der Waals surface area contributed by atoms with Gasteiger partial charge in [-0.15, -0.1) is 0 Å². The summed E-state index contributed by atoms with van der Waals surface area (Å²) in [4.78, 5) is 10.9.